The molecule has 0 fully saturated rings. The number of nitrogens with one attached hydrogen (secondary N) is 1. The molecule has 0 unspecified atom stereocenters. The van der Waals surface area contributed by atoms with Crippen LogP contribution in [-0.2, 0) is 16.1 Å². The fraction of sp³-hybridized carbons (Fsp3) is 0.529. The van der Waals surface area contributed by atoms with E-state index < -0.39 is 0 Å². The number of carbonyl (C=O) groups excluding carboxylic acids is 2. The number of carbonyl (C=O) groups is 2. The van der Waals surface area contributed by atoms with Crippen LogP contribution in [0.15, 0.2) is 24.3 Å². The summed E-state index contributed by atoms with van der Waals surface area (Å²) in [4.78, 5) is 25.1. The molecule has 0 spiro atoms. The molecule has 0 bridgehead atoms. The molecule has 5 heteroatoms. The fourth-order valence-electron chi connectivity index (χ4n) is 1.94. The van der Waals surface area contributed by atoms with E-state index >= 15 is 0 Å². The summed E-state index contributed by atoms with van der Waals surface area (Å²) in [7, 11) is 1.62. The second kappa shape index (κ2) is 9.07. The summed E-state index contributed by atoms with van der Waals surface area (Å²) in [5.41, 5.74) is 0.991. The average molecular weight is 306 g/mol. The van der Waals surface area contributed by atoms with Gasteiger partial charge >= 0.3 is 0 Å². The van der Waals surface area contributed by atoms with E-state index in [-0.39, 0.29) is 18.4 Å². The third-order valence-corrected chi connectivity index (χ3v) is 3.40. The highest BCUT2D eigenvalue weighted by molar-refractivity contribution is 5.83. The molecule has 1 aromatic rings. The van der Waals surface area contributed by atoms with Gasteiger partial charge in [-0.1, -0.05) is 26.0 Å². The summed E-state index contributed by atoms with van der Waals surface area (Å²) < 4.78 is 5.09. The SMILES string of the molecule is COc1ccc(CNC(=O)CN(CCC(C)C)C(C)=O)cc1. The molecule has 0 atom stereocenters. The normalized spacial score (nSPS) is 10.4. The predicted molar refractivity (Wildman–Crippen MR) is 86.5 cm³/mol. The van der Waals surface area contributed by atoms with Crippen molar-refractivity contribution in [2.24, 2.45) is 5.92 Å². The maximum absolute atomic E-state index is 12.0. The van der Waals surface area contributed by atoms with Crippen molar-refractivity contribution < 1.29 is 14.3 Å². The minimum atomic E-state index is -0.144. The van der Waals surface area contributed by atoms with Crippen molar-refractivity contribution in [1.29, 1.82) is 0 Å². The number of benzene rings is 1. The Morgan fingerprint density at radius 2 is 1.86 bits per heavy atom. The summed E-state index contributed by atoms with van der Waals surface area (Å²) in [5, 5.41) is 2.84. The lowest BCUT2D eigenvalue weighted by Crippen LogP contribution is -2.40. The Hall–Kier alpha value is -2.04. The Balaban J connectivity index is 2.43. The van der Waals surface area contributed by atoms with Crippen LogP contribution in [0, 0.1) is 5.92 Å². The number of hydrogen-bond donors (Lipinski definition) is 1. The average Bonchev–Trinajstić information content (AvgIpc) is 2.49. The Bertz CT molecular complexity index is 483. The van der Waals surface area contributed by atoms with E-state index in [1.165, 1.54) is 6.92 Å². The van der Waals surface area contributed by atoms with Crippen molar-refractivity contribution in [3.63, 3.8) is 0 Å². The zero-order valence-electron chi connectivity index (χ0n) is 13.9. The van der Waals surface area contributed by atoms with Gasteiger partial charge in [0.25, 0.3) is 0 Å². The Morgan fingerprint density at radius 3 is 2.36 bits per heavy atom. The molecule has 0 aromatic heterocycles. The molecule has 0 heterocycles. The topological polar surface area (TPSA) is 58.6 Å². The molecule has 1 aromatic carbocycles. The molecule has 2 amide bonds. The summed E-state index contributed by atoms with van der Waals surface area (Å²) in [6.07, 6.45) is 0.894. The quantitative estimate of drug-likeness (QED) is 0.801. The van der Waals surface area contributed by atoms with Crippen LogP contribution in [-0.4, -0.2) is 36.9 Å². The van der Waals surface area contributed by atoms with Gasteiger partial charge in [-0.05, 0) is 30.0 Å². The third-order valence-electron chi connectivity index (χ3n) is 3.40. The van der Waals surface area contributed by atoms with Crippen molar-refractivity contribution in [3.05, 3.63) is 29.8 Å². The van der Waals surface area contributed by atoms with Crippen LogP contribution in [0.4, 0.5) is 0 Å². The molecular weight excluding hydrogens is 280 g/mol. The zero-order valence-corrected chi connectivity index (χ0v) is 13.9. The minimum absolute atomic E-state index is 0.0692. The molecule has 0 aliphatic heterocycles. The summed E-state index contributed by atoms with van der Waals surface area (Å²) in [6.45, 7) is 6.86. The highest BCUT2D eigenvalue weighted by atomic mass is 16.5. The zero-order chi connectivity index (χ0) is 16.5. The molecule has 0 saturated carbocycles. The molecule has 0 saturated heterocycles. The van der Waals surface area contributed by atoms with Crippen molar-refractivity contribution in [3.8, 4) is 5.75 Å². The number of amides is 2. The van der Waals surface area contributed by atoms with Crippen molar-refractivity contribution in [2.45, 2.75) is 33.7 Å². The van der Waals surface area contributed by atoms with Gasteiger partial charge in [0, 0.05) is 20.0 Å². The van der Waals surface area contributed by atoms with Gasteiger partial charge in [-0.25, -0.2) is 0 Å². The minimum Gasteiger partial charge on any atom is -0.497 e. The van der Waals surface area contributed by atoms with Crippen LogP contribution in [0.5, 0.6) is 5.75 Å². The number of methoxy groups -OCH3 is 1. The number of rotatable bonds is 8. The Labute approximate surface area is 132 Å². The largest absolute Gasteiger partial charge is 0.497 e. The highest BCUT2D eigenvalue weighted by Crippen LogP contribution is 2.11. The molecule has 22 heavy (non-hydrogen) atoms. The van der Waals surface area contributed by atoms with E-state index in [9.17, 15) is 9.59 Å². The molecule has 1 rings (SSSR count). The van der Waals surface area contributed by atoms with Crippen LogP contribution in [0.3, 0.4) is 0 Å². The van der Waals surface area contributed by atoms with Crippen LogP contribution >= 0.6 is 0 Å². The maximum atomic E-state index is 12.0. The van der Waals surface area contributed by atoms with E-state index in [4.69, 9.17) is 4.74 Å². The number of hydrogen-bond acceptors (Lipinski definition) is 3. The first-order valence-corrected chi connectivity index (χ1v) is 7.57. The first-order chi connectivity index (χ1) is 10.4. The number of ether oxygens (including phenoxy) is 1. The van der Waals surface area contributed by atoms with Gasteiger partial charge in [-0.15, -0.1) is 0 Å². The van der Waals surface area contributed by atoms with E-state index in [0.717, 1.165) is 17.7 Å². The third kappa shape index (κ3) is 6.61. The van der Waals surface area contributed by atoms with E-state index in [1.807, 2.05) is 24.3 Å². The van der Waals surface area contributed by atoms with E-state index in [0.29, 0.717) is 19.0 Å². The first-order valence-electron chi connectivity index (χ1n) is 7.57. The van der Waals surface area contributed by atoms with Gasteiger partial charge in [-0.3, -0.25) is 9.59 Å². The van der Waals surface area contributed by atoms with Gasteiger partial charge < -0.3 is 15.0 Å². The standard InChI is InChI=1S/C17H26N2O3/c1-13(2)9-10-19(14(3)20)12-17(21)18-11-15-5-7-16(22-4)8-6-15/h5-8,13H,9-12H2,1-4H3,(H,18,21). The Morgan fingerprint density at radius 1 is 1.23 bits per heavy atom. The lowest BCUT2D eigenvalue weighted by atomic mass is 10.1. The lowest BCUT2D eigenvalue weighted by molar-refractivity contribution is -0.134. The van der Waals surface area contributed by atoms with Crippen LogP contribution < -0.4 is 10.1 Å². The molecular formula is C17H26N2O3. The number of nitrogens with zero attached hydrogens (tertiary/aromatic N) is 1. The van der Waals surface area contributed by atoms with Gasteiger partial charge in [0.15, 0.2) is 0 Å². The van der Waals surface area contributed by atoms with Crippen LogP contribution in [0.1, 0.15) is 32.8 Å². The second-order valence-electron chi connectivity index (χ2n) is 5.75. The van der Waals surface area contributed by atoms with E-state index in [2.05, 4.69) is 19.2 Å². The monoisotopic (exact) mass is 306 g/mol. The van der Waals surface area contributed by atoms with Crippen molar-refractivity contribution in [2.75, 3.05) is 20.2 Å². The molecule has 0 radical (unpaired) electrons. The van der Waals surface area contributed by atoms with Crippen molar-refractivity contribution in [1.82, 2.24) is 10.2 Å². The van der Waals surface area contributed by atoms with Gasteiger partial charge in [0.05, 0.1) is 13.7 Å². The molecule has 0 aliphatic rings. The summed E-state index contributed by atoms with van der Waals surface area (Å²) in [6, 6.07) is 7.51. The molecule has 122 valence electrons. The predicted octanol–water partition coefficient (Wildman–Crippen LogP) is 2.21. The first kappa shape index (κ1) is 18.0. The second-order valence-corrected chi connectivity index (χ2v) is 5.75. The van der Waals surface area contributed by atoms with E-state index in [1.54, 1.807) is 12.0 Å². The van der Waals surface area contributed by atoms with Gasteiger partial charge in [-0.2, -0.15) is 0 Å². The molecule has 5 nitrogen and oxygen atoms in total. The van der Waals surface area contributed by atoms with Gasteiger partial charge in [0.2, 0.25) is 11.8 Å². The Kier molecular flexibility index (Phi) is 7.43. The van der Waals surface area contributed by atoms with Crippen molar-refractivity contribution >= 4 is 11.8 Å². The molecule has 1 N–H and O–H groups in total. The van der Waals surface area contributed by atoms with Crippen LogP contribution in [0.25, 0.3) is 0 Å². The lowest BCUT2D eigenvalue weighted by Gasteiger charge is -2.21. The van der Waals surface area contributed by atoms with Crippen LogP contribution in [0.2, 0.25) is 0 Å². The highest BCUT2D eigenvalue weighted by Gasteiger charge is 2.13. The smallest absolute Gasteiger partial charge is 0.239 e. The summed E-state index contributed by atoms with van der Waals surface area (Å²) in [5.74, 6) is 1.07. The maximum Gasteiger partial charge on any atom is 0.239 e. The van der Waals surface area contributed by atoms with Gasteiger partial charge in [0.1, 0.15) is 5.75 Å². The molecule has 0 aliphatic carbocycles. The fourth-order valence-corrected chi connectivity index (χ4v) is 1.94. The summed E-state index contributed by atoms with van der Waals surface area (Å²) >= 11 is 0.